The van der Waals surface area contributed by atoms with Gasteiger partial charge in [-0.05, 0) is 141 Å². The van der Waals surface area contributed by atoms with Crippen molar-refractivity contribution >= 4 is 5.78 Å². The highest BCUT2D eigenvalue weighted by Gasteiger charge is 2.76. The summed E-state index contributed by atoms with van der Waals surface area (Å²) in [6, 6.07) is 0. The second kappa shape index (κ2) is 4.39. The number of rotatable bonds is 0. The predicted octanol–water partition coefficient (Wildman–Crippen LogP) is 5.05. The smallest absolute Gasteiger partial charge is 0.140 e. The molecule has 8 bridgehead atoms. The van der Waals surface area contributed by atoms with Crippen LogP contribution in [-0.2, 0) is 4.79 Å². The number of carbonyl (C=O) groups excluding carboxylic acids is 1. The minimum absolute atomic E-state index is 0.557. The molecule has 0 amide bonds. The maximum absolute atomic E-state index is 14.0. The van der Waals surface area contributed by atoms with Gasteiger partial charge in [0.15, 0.2) is 0 Å². The first-order valence-corrected chi connectivity index (χ1v) is 12.8. The molecule has 0 aromatic rings. The van der Waals surface area contributed by atoms with Crippen LogP contribution in [-0.4, -0.2) is 5.78 Å². The van der Waals surface area contributed by atoms with Gasteiger partial charge in [-0.2, -0.15) is 0 Å². The van der Waals surface area contributed by atoms with E-state index in [-0.39, 0.29) is 0 Å². The van der Waals surface area contributed by atoms with Gasteiger partial charge in [0.25, 0.3) is 0 Å². The number of Topliss-reactive ketones (excluding diaryl/α,β-unsaturated/α-hetero) is 1. The first-order valence-electron chi connectivity index (χ1n) is 12.8. The zero-order chi connectivity index (χ0) is 17.2. The van der Waals surface area contributed by atoms with E-state index >= 15 is 0 Å². The monoisotopic (exact) mass is 362 g/mol. The minimum Gasteiger partial charge on any atom is -0.299 e. The van der Waals surface area contributed by atoms with Crippen molar-refractivity contribution in [1.82, 2.24) is 0 Å². The molecule has 0 N–H and O–H groups in total. The Morgan fingerprint density at radius 1 is 0.444 bits per heavy atom. The largest absolute Gasteiger partial charge is 0.299 e. The SMILES string of the molecule is O=C1[C@@H]2[C@H]3CC[C@H]([C@H]4[C@@H]5CC[C@H](C5)[C@@H]34)[C@@H]2[C@H]2[C@@H]3C[C@@H]([C@H]12)[C@H]1[C@@H]2CC[C@H](C2)[C@H]31. The topological polar surface area (TPSA) is 17.1 Å². The normalized spacial score (nSPS) is 73.4. The lowest BCUT2D eigenvalue weighted by molar-refractivity contribution is -0.140. The molecule has 0 spiro atoms. The van der Waals surface area contributed by atoms with Crippen molar-refractivity contribution in [3.8, 4) is 0 Å². The Morgan fingerprint density at radius 2 is 0.926 bits per heavy atom. The summed E-state index contributed by atoms with van der Waals surface area (Å²) in [7, 11) is 0. The zero-order valence-corrected chi connectivity index (χ0v) is 16.5. The number of hydrogen-bond acceptors (Lipinski definition) is 1. The van der Waals surface area contributed by atoms with Gasteiger partial charge in [-0.15, -0.1) is 0 Å². The average Bonchev–Trinajstić information content (AvgIpc) is 3.51. The summed E-state index contributed by atoms with van der Waals surface area (Å²) >= 11 is 0. The molecular weight excluding hydrogens is 328 g/mol. The second-order valence-corrected chi connectivity index (χ2v) is 13.1. The molecule has 0 aromatic carbocycles. The second-order valence-electron chi connectivity index (χ2n) is 13.1. The van der Waals surface area contributed by atoms with Gasteiger partial charge in [0.2, 0.25) is 0 Å². The van der Waals surface area contributed by atoms with Crippen molar-refractivity contribution in [3.05, 3.63) is 0 Å². The Kier molecular flexibility index (Phi) is 2.38. The lowest BCUT2D eigenvalue weighted by Gasteiger charge is -2.58. The molecule has 0 aromatic heterocycles. The van der Waals surface area contributed by atoms with Gasteiger partial charge in [0.05, 0.1) is 0 Å². The van der Waals surface area contributed by atoms with Crippen LogP contribution in [0, 0.1) is 94.7 Å². The van der Waals surface area contributed by atoms with E-state index in [2.05, 4.69) is 0 Å². The van der Waals surface area contributed by atoms with Gasteiger partial charge in [-0.25, -0.2) is 0 Å². The molecule has 1 heteroatoms. The van der Waals surface area contributed by atoms with Crippen LogP contribution in [0.25, 0.3) is 0 Å². The standard InChI is InChI=1S/C26H34O/c27-26-24-15-6-5-14(18-10-1-2-11(7-10)19(15)18)22(24)23-16-9-17(25(23)26)21-13-4-3-12(8-13)20(16)21/h10-25H,1-9H2/t10-,11-,12-,13-,14-,15+,16-,17-,18-,19+,20-,21-,22-,23-,24-,25+/m1/s1. The van der Waals surface area contributed by atoms with E-state index in [1.807, 2.05) is 0 Å². The summed E-state index contributed by atoms with van der Waals surface area (Å²) in [6.07, 6.45) is 13.7. The highest BCUT2D eigenvalue weighted by atomic mass is 16.1. The summed E-state index contributed by atoms with van der Waals surface area (Å²) in [6.45, 7) is 0. The van der Waals surface area contributed by atoms with Crippen molar-refractivity contribution < 1.29 is 4.79 Å². The van der Waals surface area contributed by atoms with Gasteiger partial charge in [0, 0.05) is 11.8 Å². The quantitative estimate of drug-likeness (QED) is 0.551. The molecule has 16 atom stereocenters. The highest BCUT2D eigenvalue weighted by molar-refractivity contribution is 5.88. The molecule has 0 heterocycles. The van der Waals surface area contributed by atoms with Gasteiger partial charge >= 0.3 is 0 Å². The van der Waals surface area contributed by atoms with Crippen LogP contribution in [0.4, 0.5) is 0 Å². The van der Waals surface area contributed by atoms with Crippen molar-refractivity contribution in [2.75, 3.05) is 0 Å². The molecule has 0 saturated heterocycles. The van der Waals surface area contributed by atoms with Crippen molar-refractivity contribution in [1.29, 1.82) is 0 Å². The van der Waals surface area contributed by atoms with Gasteiger partial charge in [-0.1, -0.05) is 0 Å². The fourth-order valence-electron chi connectivity index (χ4n) is 13.5. The molecule has 10 fully saturated rings. The van der Waals surface area contributed by atoms with Crippen molar-refractivity contribution in [2.24, 2.45) is 94.7 Å². The van der Waals surface area contributed by atoms with Crippen molar-refractivity contribution in [3.63, 3.8) is 0 Å². The van der Waals surface area contributed by atoms with E-state index in [9.17, 15) is 4.79 Å². The summed E-state index contributed by atoms with van der Waals surface area (Å²) in [5.74, 6) is 15.8. The summed E-state index contributed by atoms with van der Waals surface area (Å²) in [4.78, 5) is 14.0. The molecule has 10 rings (SSSR count). The van der Waals surface area contributed by atoms with Crippen LogP contribution in [0.15, 0.2) is 0 Å². The third-order valence-electron chi connectivity index (χ3n) is 13.3. The molecule has 10 aliphatic carbocycles. The Balaban J connectivity index is 1.17. The molecule has 0 unspecified atom stereocenters. The summed E-state index contributed by atoms with van der Waals surface area (Å²) in [5.41, 5.74) is 0. The Hall–Kier alpha value is -0.330. The summed E-state index contributed by atoms with van der Waals surface area (Å²) < 4.78 is 0. The van der Waals surface area contributed by atoms with Crippen LogP contribution >= 0.6 is 0 Å². The summed E-state index contributed by atoms with van der Waals surface area (Å²) in [5, 5.41) is 0. The molecule has 0 aliphatic heterocycles. The van der Waals surface area contributed by atoms with E-state index in [1.54, 1.807) is 25.7 Å². The van der Waals surface area contributed by atoms with Crippen LogP contribution in [0.3, 0.4) is 0 Å². The molecule has 0 radical (unpaired) electrons. The lowest BCUT2D eigenvalue weighted by atomic mass is 9.46. The zero-order valence-electron chi connectivity index (χ0n) is 16.5. The number of hydrogen-bond donors (Lipinski definition) is 0. The number of ketones is 1. The molecule has 1 nitrogen and oxygen atoms in total. The van der Waals surface area contributed by atoms with E-state index in [0.29, 0.717) is 11.8 Å². The number of fused-ring (bicyclic) bond motifs is 15. The maximum Gasteiger partial charge on any atom is 0.140 e. The Bertz CT molecular complexity index is 755. The Morgan fingerprint density at radius 3 is 1.63 bits per heavy atom. The molecular formula is C26H34O. The van der Waals surface area contributed by atoms with Crippen LogP contribution in [0.1, 0.15) is 57.8 Å². The van der Waals surface area contributed by atoms with Crippen LogP contribution in [0.5, 0.6) is 0 Å². The maximum atomic E-state index is 14.0. The number of carbonyl (C=O) groups is 1. The fraction of sp³-hybridized carbons (Fsp3) is 0.962. The van der Waals surface area contributed by atoms with E-state index in [1.165, 1.54) is 32.1 Å². The first-order chi connectivity index (χ1) is 13.3. The fourth-order valence-corrected chi connectivity index (χ4v) is 13.5. The molecule has 27 heavy (non-hydrogen) atoms. The molecule has 10 saturated carbocycles. The third-order valence-corrected chi connectivity index (χ3v) is 13.3. The van der Waals surface area contributed by atoms with Crippen molar-refractivity contribution in [2.45, 2.75) is 57.8 Å². The van der Waals surface area contributed by atoms with E-state index in [0.717, 1.165) is 88.6 Å². The van der Waals surface area contributed by atoms with Crippen LogP contribution < -0.4 is 0 Å². The first kappa shape index (κ1) is 14.6. The lowest BCUT2D eigenvalue weighted by Crippen LogP contribution is -2.54. The molecule has 144 valence electrons. The Labute approximate surface area is 163 Å². The van der Waals surface area contributed by atoms with Gasteiger partial charge in [-0.3, -0.25) is 4.79 Å². The van der Waals surface area contributed by atoms with Crippen LogP contribution in [0.2, 0.25) is 0 Å². The third kappa shape index (κ3) is 1.36. The minimum atomic E-state index is 0.557. The van der Waals surface area contributed by atoms with Gasteiger partial charge < -0.3 is 0 Å². The predicted molar refractivity (Wildman–Crippen MR) is 102 cm³/mol. The average molecular weight is 363 g/mol. The van der Waals surface area contributed by atoms with Gasteiger partial charge in [0.1, 0.15) is 5.78 Å². The van der Waals surface area contributed by atoms with E-state index in [4.69, 9.17) is 0 Å². The highest BCUT2D eigenvalue weighted by Crippen LogP contribution is 2.78. The van der Waals surface area contributed by atoms with E-state index < -0.39 is 0 Å². The molecule has 10 aliphatic rings.